The highest BCUT2D eigenvalue weighted by Crippen LogP contribution is 2.47. The van der Waals surface area contributed by atoms with E-state index < -0.39 is 0 Å². The summed E-state index contributed by atoms with van der Waals surface area (Å²) in [5, 5.41) is 3.48. The molecule has 1 aromatic rings. The lowest BCUT2D eigenvalue weighted by Crippen LogP contribution is -2.25. The van der Waals surface area contributed by atoms with Gasteiger partial charge in [-0.1, -0.05) is 26.7 Å². The number of aromatic nitrogens is 2. The minimum atomic E-state index is 0.627. The molecule has 0 bridgehead atoms. The Morgan fingerprint density at radius 3 is 2.79 bits per heavy atom. The number of imidazole rings is 1. The molecule has 1 fully saturated rings. The summed E-state index contributed by atoms with van der Waals surface area (Å²) < 4.78 is 0. The standard InChI is InChI=1S/C16H27N3/c1-12(2)10-17-11-15-18-13-5-8-16(6-3-4-7-16)9-14(13)19-15/h12,17H,3-11H2,1-2H3,(H,18,19). The molecule has 0 unspecified atom stereocenters. The van der Waals surface area contributed by atoms with E-state index in [2.05, 4.69) is 24.1 Å². The van der Waals surface area contributed by atoms with Gasteiger partial charge in [0.15, 0.2) is 0 Å². The van der Waals surface area contributed by atoms with Crippen molar-refractivity contribution in [2.45, 2.75) is 65.3 Å². The number of rotatable bonds is 4. The second-order valence-corrected chi connectivity index (χ2v) is 7.02. The molecule has 3 nitrogen and oxygen atoms in total. The van der Waals surface area contributed by atoms with E-state index in [1.54, 1.807) is 0 Å². The van der Waals surface area contributed by atoms with Crippen molar-refractivity contribution >= 4 is 0 Å². The van der Waals surface area contributed by atoms with Gasteiger partial charge in [0.05, 0.1) is 12.2 Å². The fourth-order valence-corrected chi connectivity index (χ4v) is 3.82. The lowest BCUT2D eigenvalue weighted by atomic mass is 9.73. The van der Waals surface area contributed by atoms with Crippen LogP contribution in [0.5, 0.6) is 0 Å². The first-order valence-corrected chi connectivity index (χ1v) is 7.94. The molecule has 2 aliphatic rings. The van der Waals surface area contributed by atoms with Crippen LogP contribution in [0.2, 0.25) is 0 Å². The van der Waals surface area contributed by atoms with Crippen LogP contribution in [0, 0.1) is 11.3 Å². The Labute approximate surface area is 116 Å². The van der Waals surface area contributed by atoms with Gasteiger partial charge in [-0.15, -0.1) is 0 Å². The fourth-order valence-electron chi connectivity index (χ4n) is 3.82. The summed E-state index contributed by atoms with van der Waals surface area (Å²) in [6, 6.07) is 0. The first-order chi connectivity index (χ1) is 9.17. The summed E-state index contributed by atoms with van der Waals surface area (Å²) in [4.78, 5) is 8.37. The highest BCUT2D eigenvalue weighted by atomic mass is 15.0. The summed E-state index contributed by atoms with van der Waals surface area (Å²) in [6.45, 7) is 6.43. The van der Waals surface area contributed by atoms with Gasteiger partial charge in [-0.2, -0.15) is 0 Å². The van der Waals surface area contributed by atoms with Crippen LogP contribution in [-0.2, 0) is 19.4 Å². The maximum atomic E-state index is 4.78. The molecule has 1 heterocycles. The number of hydrogen-bond donors (Lipinski definition) is 2. The van der Waals surface area contributed by atoms with Crippen LogP contribution in [0.1, 0.15) is 63.2 Å². The second kappa shape index (κ2) is 5.28. The van der Waals surface area contributed by atoms with Crippen molar-refractivity contribution in [3.05, 3.63) is 17.2 Å². The molecule has 0 saturated heterocycles. The van der Waals surface area contributed by atoms with Crippen LogP contribution in [0.15, 0.2) is 0 Å². The summed E-state index contributed by atoms with van der Waals surface area (Å²) in [5.41, 5.74) is 3.41. The molecule has 2 N–H and O–H groups in total. The van der Waals surface area contributed by atoms with Crippen LogP contribution in [0.25, 0.3) is 0 Å². The highest BCUT2D eigenvalue weighted by molar-refractivity contribution is 5.21. The quantitative estimate of drug-likeness (QED) is 0.874. The van der Waals surface area contributed by atoms with Crippen molar-refractivity contribution in [3.8, 4) is 0 Å². The van der Waals surface area contributed by atoms with Crippen LogP contribution in [0.4, 0.5) is 0 Å². The summed E-state index contributed by atoms with van der Waals surface area (Å²) in [7, 11) is 0. The van der Waals surface area contributed by atoms with Crippen molar-refractivity contribution < 1.29 is 0 Å². The van der Waals surface area contributed by atoms with Crippen molar-refractivity contribution in [1.29, 1.82) is 0 Å². The molecule has 1 saturated carbocycles. The summed E-state index contributed by atoms with van der Waals surface area (Å²) >= 11 is 0. The van der Waals surface area contributed by atoms with Gasteiger partial charge in [-0.25, -0.2) is 4.98 Å². The predicted octanol–water partition coefficient (Wildman–Crippen LogP) is 3.20. The zero-order chi connectivity index (χ0) is 13.3. The molecule has 0 aromatic carbocycles. The molecule has 0 radical (unpaired) electrons. The van der Waals surface area contributed by atoms with E-state index in [1.807, 2.05) is 0 Å². The lowest BCUT2D eigenvalue weighted by molar-refractivity contribution is 0.251. The van der Waals surface area contributed by atoms with Crippen molar-refractivity contribution in [1.82, 2.24) is 15.3 Å². The summed E-state index contributed by atoms with van der Waals surface area (Å²) in [6.07, 6.45) is 9.55. The molecular formula is C16H27N3. The van der Waals surface area contributed by atoms with E-state index in [0.717, 1.165) is 18.9 Å². The smallest absolute Gasteiger partial charge is 0.120 e. The fraction of sp³-hybridized carbons (Fsp3) is 0.812. The Kier molecular flexibility index (Phi) is 3.66. The van der Waals surface area contributed by atoms with Crippen molar-refractivity contribution in [3.63, 3.8) is 0 Å². The predicted molar refractivity (Wildman–Crippen MR) is 78.1 cm³/mol. The van der Waals surface area contributed by atoms with Gasteiger partial charge in [0.25, 0.3) is 0 Å². The van der Waals surface area contributed by atoms with Gasteiger partial charge in [0, 0.05) is 5.69 Å². The molecule has 0 aliphatic heterocycles. The van der Waals surface area contributed by atoms with Gasteiger partial charge in [-0.05, 0) is 50.0 Å². The molecule has 1 spiro atoms. The SMILES string of the molecule is CC(C)CNCc1nc2c([nH]1)CC1(CCCC1)CC2. The molecule has 0 atom stereocenters. The first kappa shape index (κ1) is 13.2. The van der Waals surface area contributed by atoms with Gasteiger partial charge >= 0.3 is 0 Å². The Hall–Kier alpha value is -0.830. The second-order valence-electron chi connectivity index (χ2n) is 7.02. The number of nitrogens with one attached hydrogen (secondary N) is 2. The Balaban J connectivity index is 1.63. The maximum absolute atomic E-state index is 4.78. The number of aromatic amines is 1. The third kappa shape index (κ3) is 2.86. The largest absolute Gasteiger partial charge is 0.345 e. The topological polar surface area (TPSA) is 40.7 Å². The molecule has 19 heavy (non-hydrogen) atoms. The van der Waals surface area contributed by atoms with Crippen LogP contribution < -0.4 is 5.32 Å². The van der Waals surface area contributed by atoms with Gasteiger partial charge in [0.1, 0.15) is 5.82 Å². The van der Waals surface area contributed by atoms with Crippen LogP contribution >= 0.6 is 0 Å². The van der Waals surface area contributed by atoms with Gasteiger partial charge in [0.2, 0.25) is 0 Å². The van der Waals surface area contributed by atoms with Gasteiger partial charge < -0.3 is 10.3 Å². The number of H-pyrrole nitrogens is 1. The normalized spacial score (nSPS) is 21.2. The van der Waals surface area contributed by atoms with E-state index in [1.165, 1.54) is 56.3 Å². The van der Waals surface area contributed by atoms with Crippen molar-refractivity contribution in [2.24, 2.45) is 11.3 Å². The molecular weight excluding hydrogens is 234 g/mol. The molecule has 2 aliphatic carbocycles. The van der Waals surface area contributed by atoms with Crippen molar-refractivity contribution in [2.75, 3.05) is 6.54 Å². The van der Waals surface area contributed by atoms with Gasteiger partial charge in [-0.3, -0.25) is 0 Å². The number of hydrogen-bond acceptors (Lipinski definition) is 2. The lowest BCUT2D eigenvalue weighted by Gasteiger charge is -2.32. The molecule has 0 amide bonds. The van der Waals surface area contributed by atoms with E-state index >= 15 is 0 Å². The molecule has 106 valence electrons. The third-order valence-corrected chi connectivity index (χ3v) is 4.87. The maximum Gasteiger partial charge on any atom is 0.120 e. The van der Waals surface area contributed by atoms with Crippen LogP contribution in [0.3, 0.4) is 0 Å². The van der Waals surface area contributed by atoms with E-state index in [0.29, 0.717) is 11.3 Å². The molecule has 3 heteroatoms. The average Bonchev–Trinajstić information content (AvgIpc) is 2.96. The molecule has 1 aromatic heterocycles. The monoisotopic (exact) mass is 261 g/mol. The van der Waals surface area contributed by atoms with E-state index in [9.17, 15) is 0 Å². The summed E-state index contributed by atoms with van der Waals surface area (Å²) in [5.74, 6) is 1.84. The Bertz CT molecular complexity index is 427. The highest BCUT2D eigenvalue weighted by Gasteiger charge is 2.38. The minimum absolute atomic E-state index is 0.627. The zero-order valence-corrected chi connectivity index (χ0v) is 12.4. The number of fused-ring (bicyclic) bond motifs is 1. The Morgan fingerprint density at radius 2 is 2.05 bits per heavy atom. The zero-order valence-electron chi connectivity index (χ0n) is 12.4. The van der Waals surface area contributed by atoms with E-state index in [-0.39, 0.29) is 0 Å². The number of nitrogens with zero attached hydrogens (tertiary/aromatic N) is 1. The first-order valence-electron chi connectivity index (χ1n) is 7.94. The Morgan fingerprint density at radius 1 is 1.26 bits per heavy atom. The third-order valence-electron chi connectivity index (χ3n) is 4.87. The van der Waals surface area contributed by atoms with Crippen LogP contribution in [-0.4, -0.2) is 16.5 Å². The minimum Gasteiger partial charge on any atom is -0.345 e. The number of aryl methyl sites for hydroxylation is 1. The molecule has 3 rings (SSSR count). The average molecular weight is 261 g/mol. The van der Waals surface area contributed by atoms with E-state index in [4.69, 9.17) is 4.98 Å².